The van der Waals surface area contributed by atoms with Gasteiger partial charge in [-0.2, -0.15) is 0 Å². The predicted molar refractivity (Wildman–Crippen MR) is 110 cm³/mol. The van der Waals surface area contributed by atoms with E-state index >= 15 is 0 Å². The van der Waals surface area contributed by atoms with Crippen LogP contribution in [0.4, 0.5) is 0 Å². The Morgan fingerprint density at radius 3 is 2.62 bits per heavy atom. The van der Waals surface area contributed by atoms with Crippen molar-refractivity contribution in [3.05, 3.63) is 42.0 Å². The number of rotatable bonds is 10. The van der Waals surface area contributed by atoms with Crippen molar-refractivity contribution < 1.29 is 13.2 Å². The van der Waals surface area contributed by atoms with Gasteiger partial charge < -0.3 is 4.74 Å². The molecule has 4 heteroatoms. The Morgan fingerprint density at radius 1 is 1.23 bits per heavy atom. The van der Waals surface area contributed by atoms with Crippen LogP contribution in [0.1, 0.15) is 64.9 Å². The van der Waals surface area contributed by atoms with Crippen molar-refractivity contribution in [2.45, 2.75) is 59.3 Å². The van der Waals surface area contributed by atoms with Gasteiger partial charge in [0.2, 0.25) is 0 Å². The highest BCUT2D eigenvalue weighted by Gasteiger charge is 2.22. The van der Waals surface area contributed by atoms with Crippen molar-refractivity contribution in [1.29, 1.82) is 0 Å². The molecule has 146 valence electrons. The zero-order chi connectivity index (χ0) is 19.2. The summed E-state index contributed by atoms with van der Waals surface area (Å²) >= 11 is 0. The highest BCUT2D eigenvalue weighted by Crippen LogP contribution is 2.30. The number of hydrogen-bond donors (Lipinski definition) is 0. The Kier molecular flexibility index (Phi) is 7.33. The minimum atomic E-state index is -3.07. The minimum absolute atomic E-state index is 0.0250. The fourth-order valence-electron chi connectivity index (χ4n) is 2.77. The first-order valence-corrected chi connectivity index (χ1v) is 11.5. The van der Waals surface area contributed by atoms with Crippen molar-refractivity contribution in [2.24, 2.45) is 11.3 Å². The third-order valence-corrected chi connectivity index (χ3v) is 6.47. The number of hydrogen-bond acceptors (Lipinski definition) is 3. The van der Waals surface area contributed by atoms with Crippen LogP contribution in [0.2, 0.25) is 0 Å². The van der Waals surface area contributed by atoms with E-state index in [-0.39, 0.29) is 22.8 Å². The van der Waals surface area contributed by atoms with Gasteiger partial charge in [0.05, 0.1) is 18.1 Å². The topological polar surface area (TPSA) is 43.4 Å². The van der Waals surface area contributed by atoms with Gasteiger partial charge in [0.1, 0.15) is 5.75 Å². The molecule has 1 aliphatic rings. The fraction of sp³-hybridized carbons (Fsp3) is 0.636. The lowest BCUT2D eigenvalue weighted by molar-refractivity contribution is 0.299. The van der Waals surface area contributed by atoms with E-state index in [1.807, 2.05) is 37.3 Å². The molecule has 0 bridgehead atoms. The smallest absolute Gasteiger partial charge is 0.151 e. The molecule has 3 nitrogen and oxygen atoms in total. The molecule has 1 aromatic rings. The molecule has 0 spiro atoms. The monoisotopic (exact) mass is 378 g/mol. The Labute approximate surface area is 159 Å². The van der Waals surface area contributed by atoms with Crippen molar-refractivity contribution in [3.8, 4) is 5.75 Å². The maximum atomic E-state index is 12.4. The van der Waals surface area contributed by atoms with Crippen molar-refractivity contribution in [1.82, 2.24) is 0 Å². The zero-order valence-electron chi connectivity index (χ0n) is 16.7. The lowest BCUT2D eigenvalue weighted by atomic mass is 9.92. The van der Waals surface area contributed by atoms with Gasteiger partial charge in [-0.25, -0.2) is 8.42 Å². The second kappa shape index (κ2) is 9.07. The van der Waals surface area contributed by atoms with Crippen LogP contribution in [-0.4, -0.2) is 26.5 Å². The van der Waals surface area contributed by atoms with Crippen LogP contribution in [0.5, 0.6) is 5.75 Å². The second-order valence-corrected chi connectivity index (χ2v) is 11.1. The molecule has 1 aromatic carbocycles. The first-order chi connectivity index (χ1) is 12.1. The Hall–Kier alpha value is -1.29. The maximum Gasteiger partial charge on any atom is 0.151 e. The van der Waals surface area contributed by atoms with E-state index in [1.165, 1.54) is 12.8 Å². The number of ether oxygens (including phenoxy) is 1. The van der Waals surface area contributed by atoms with Crippen molar-refractivity contribution >= 4 is 9.84 Å². The van der Waals surface area contributed by atoms with Crippen LogP contribution in [0.3, 0.4) is 0 Å². The average Bonchev–Trinajstić information content (AvgIpc) is 3.35. The van der Waals surface area contributed by atoms with Crippen LogP contribution < -0.4 is 4.74 Å². The number of sulfone groups is 1. The molecule has 0 radical (unpaired) electrons. The van der Waals surface area contributed by atoms with E-state index in [2.05, 4.69) is 26.8 Å². The fourth-order valence-corrected chi connectivity index (χ4v) is 4.39. The molecule has 0 aliphatic heterocycles. The summed E-state index contributed by atoms with van der Waals surface area (Å²) in [7, 11) is -3.07. The zero-order valence-corrected chi connectivity index (χ0v) is 17.5. The van der Waals surface area contributed by atoms with E-state index < -0.39 is 9.84 Å². The summed E-state index contributed by atoms with van der Waals surface area (Å²) in [5.41, 5.74) is 1.28. The van der Waals surface area contributed by atoms with Crippen LogP contribution >= 0.6 is 0 Å². The average molecular weight is 379 g/mol. The third kappa shape index (κ3) is 8.39. The summed E-state index contributed by atoms with van der Waals surface area (Å²) < 4.78 is 30.6. The molecule has 26 heavy (non-hydrogen) atoms. The van der Waals surface area contributed by atoms with E-state index in [0.29, 0.717) is 12.3 Å². The lowest BCUT2D eigenvalue weighted by Gasteiger charge is -2.15. The molecular formula is C22H34O3S. The van der Waals surface area contributed by atoms with Crippen LogP contribution in [0.15, 0.2) is 36.4 Å². The molecule has 1 aliphatic carbocycles. The van der Waals surface area contributed by atoms with Crippen LogP contribution in [0, 0.1) is 11.3 Å². The van der Waals surface area contributed by atoms with Crippen LogP contribution in [0.25, 0.3) is 0 Å². The summed E-state index contributed by atoms with van der Waals surface area (Å²) in [6, 6.07) is 7.89. The van der Waals surface area contributed by atoms with Gasteiger partial charge in [-0.3, -0.25) is 0 Å². The van der Waals surface area contributed by atoms with E-state index in [4.69, 9.17) is 4.74 Å². The molecule has 0 unspecified atom stereocenters. The number of benzene rings is 1. The highest BCUT2D eigenvalue weighted by atomic mass is 32.2. The minimum Gasteiger partial charge on any atom is -0.493 e. The first-order valence-electron chi connectivity index (χ1n) is 9.73. The van der Waals surface area contributed by atoms with Gasteiger partial charge in [-0.1, -0.05) is 52.0 Å². The molecule has 0 saturated heterocycles. The molecule has 0 N–H and O–H groups in total. The molecule has 1 atom stereocenters. The van der Waals surface area contributed by atoms with Gasteiger partial charge in [0.25, 0.3) is 0 Å². The maximum absolute atomic E-state index is 12.4. The van der Waals surface area contributed by atoms with Crippen molar-refractivity contribution in [3.63, 3.8) is 0 Å². The first kappa shape index (κ1) is 21.0. The molecular weight excluding hydrogens is 344 g/mol. The van der Waals surface area contributed by atoms with E-state index in [1.54, 1.807) is 0 Å². The third-order valence-electron chi connectivity index (χ3n) is 4.61. The molecule has 2 rings (SSSR count). The Bertz CT molecular complexity index is 694. The highest BCUT2D eigenvalue weighted by molar-refractivity contribution is 7.91. The van der Waals surface area contributed by atoms with Crippen molar-refractivity contribution in [2.75, 3.05) is 18.1 Å². The van der Waals surface area contributed by atoms with Crippen LogP contribution in [-0.2, 0) is 9.84 Å². The normalized spacial score (nSPS) is 16.8. The summed E-state index contributed by atoms with van der Waals surface area (Å²) in [5.74, 6) is 1.94. The molecule has 0 amide bonds. The van der Waals surface area contributed by atoms with Gasteiger partial charge in [-0.05, 0) is 60.6 Å². The molecule has 1 fully saturated rings. The Morgan fingerprint density at radius 2 is 1.96 bits per heavy atom. The standard InChI is InChI=1S/C22H34O3S/c1-18(17-26(23,24)14-7-5-6-13-22(2,3)4)20-9-8-10-21(15-20)25-16-19-11-12-19/h5-6,8-10,15,18-19H,7,11-14,16-17H2,1-4H3/b6-5+/t18-/m0/s1. The van der Waals surface area contributed by atoms with E-state index in [9.17, 15) is 8.42 Å². The van der Waals surface area contributed by atoms with Gasteiger partial charge in [-0.15, -0.1) is 0 Å². The SMILES string of the molecule is C[C@@H](CS(=O)(=O)CC/C=C/CC(C)(C)C)c1cccc(OCC2CC2)c1. The summed E-state index contributed by atoms with van der Waals surface area (Å²) in [6.45, 7) is 9.29. The molecule has 0 heterocycles. The second-order valence-electron chi connectivity index (χ2n) is 8.87. The summed E-state index contributed by atoms with van der Waals surface area (Å²) in [4.78, 5) is 0. The van der Waals surface area contributed by atoms with E-state index in [0.717, 1.165) is 24.3 Å². The van der Waals surface area contributed by atoms with Gasteiger partial charge in [0.15, 0.2) is 9.84 Å². The molecule has 0 aromatic heterocycles. The van der Waals surface area contributed by atoms with Gasteiger partial charge >= 0.3 is 0 Å². The Balaban J connectivity index is 1.82. The quantitative estimate of drug-likeness (QED) is 0.514. The summed E-state index contributed by atoms with van der Waals surface area (Å²) in [5, 5.41) is 0. The summed E-state index contributed by atoms with van der Waals surface area (Å²) in [6.07, 6.45) is 8.18. The van der Waals surface area contributed by atoms with Gasteiger partial charge in [0, 0.05) is 0 Å². The lowest BCUT2D eigenvalue weighted by Crippen LogP contribution is -2.16. The molecule has 1 saturated carbocycles. The predicted octanol–water partition coefficient (Wildman–Crippen LogP) is 5.38. The largest absolute Gasteiger partial charge is 0.493 e. The number of allylic oxidation sites excluding steroid dienone is 2.